The summed E-state index contributed by atoms with van der Waals surface area (Å²) < 4.78 is 12.9. The summed E-state index contributed by atoms with van der Waals surface area (Å²) in [7, 11) is 1.83. The highest BCUT2D eigenvalue weighted by atomic mass is 35.5. The highest BCUT2D eigenvalue weighted by Crippen LogP contribution is 2.28. The number of rotatable bonds is 11. The minimum absolute atomic E-state index is 0. The summed E-state index contributed by atoms with van der Waals surface area (Å²) in [6, 6.07) is 5.98. The summed E-state index contributed by atoms with van der Waals surface area (Å²) in [4.78, 5) is 0. The zero-order chi connectivity index (χ0) is 17.2. The van der Waals surface area contributed by atoms with Gasteiger partial charge in [0, 0.05) is 25.9 Å². The quantitative estimate of drug-likeness (QED) is 0.362. The van der Waals surface area contributed by atoms with Crippen molar-refractivity contribution in [2.75, 3.05) is 25.5 Å². The first kappa shape index (κ1) is 21.3. The number of thioether (sulfide) groups is 1. The van der Waals surface area contributed by atoms with Crippen LogP contribution in [-0.2, 0) is 13.6 Å². The lowest BCUT2D eigenvalue weighted by Gasteiger charge is -2.13. The molecule has 0 aliphatic heterocycles. The van der Waals surface area contributed by atoms with Crippen molar-refractivity contribution in [3.63, 3.8) is 0 Å². The fourth-order valence-corrected chi connectivity index (χ4v) is 2.74. The molecule has 0 radical (unpaired) electrons. The van der Waals surface area contributed by atoms with Crippen molar-refractivity contribution in [3.8, 4) is 11.5 Å². The Morgan fingerprint density at radius 2 is 2.16 bits per heavy atom. The van der Waals surface area contributed by atoms with Crippen LogP contribution in [0.25, 0.3) is 0 Å². The molecule has 2 aromatic rings. The van der Waals surface area contributed by atoms with Crippen molar-refractivity contribution in [1.29, 1.82) is 0 Å². The number of ether oxygens (including phenoxy) is 2. The van der Waals surface area contributed by atoms with Gasteiger partial charge in [-0.3, -0.25) is 0 Å². The summed E-state index contributed by atoms with van der Waals surface area (Å²) in [6.45, 7) is 8.30. The first-order valence-electron chi connectivity index (χ1n) is 7.80. The lowest BCUT2D eigenvalue weighted by atomic mass is 10.2. The Morgan fingerprint density at radius 1 is 1.32 bits per heavy atom. The van der Waals surface area contributed by atoms with E-state index in [1.165, 1.54) is 0 Å². The highest BCUT2D eigenvalue weighted by Gasteiger charge is 2.06. The van der Waals surface area contributed by atoms with Crippen molar-refractivity contribution in [2.45, 2.75) is 18.6 Å². The zero-order valence-electron chi connectivity index (χ0n) is 14.5. The molecule has 0 atom stereocenters. The van der Waals surface area contributed by atoms with Crippen molar-refractivity contribution in [2.24, 2.45) is 7.05 Å². The van der Waals surface area contributed by atoms with Crippen LogP contribution in [0, 0.1) is 0 Å². The van der Waals surface area contributed by atoms with Crippen molar-refractivity contribution in [1.82, 2.24) is 25.5 Å². The van der Waals surface area contributed by atoms with Crippen LogP contribution in [0.2, 0.25) is 0 Å². The molecule has 0 amide bonds. The molecule has 0 unspecified atom stereocenters. The molecule has 1 aromatic carbocycles. The van der Waals surface area contributed by atoms with Gasteiger partial charge in [0.2, 0.25) is 5.16 Å². The molecule has 9 heteroatoms. The van der Waals surface area contributed by atoms with Gasteiger partial charge in [0.15, 0.2) is 11.5 Å². The summed E-state index contributed by atoms with van der Waals surface area (Å²) in [6.07, 6.45) is 1.72. The van der Waals surface area contributed by atoms with E-state index in [0.717, 1.165) is 41.1 Å². The van der Waals surface area contributed by atoms with Crippen LogP contribution in [0.1, 0.15) is 12.5 Å². The van der Waals surface area contributed by atoms with E-state index in [1.54, 1.807) is 22.5 Å². The van der Waals surface area contributed by atoms with E-state index in [-0.39, 0.29) is 12.4 Å². The third-order valence-electron chi connectivity index (χ3n) is 3.09. The number of aryl methyl sites for hydroxylation is 1. The monoisotopic (exact) mass is 385 g/mol. The molecule has 0 bridgehead atoms. The molecule has 1 aromatic heterocycles. The molecular weight excluding hydrogens is 362 g/mol. The Kier molecular flexibility index (Phi) is 9.98. The smallest absolute Gasteiger partial charge is 0.209 e. The first-order valence-corrected chi connectivity index (χ1v) is 8.78. The van der Waals surface area contributed by atoms with Gasteiger partial charge in [0.1, 0.15) is 6.61 Å². The SMILES string of the molecule is C=CCOc1ccc(CNCCSc2nnnn2C)cc1OCC.Cl. The van der Waals surface area contributed by atoms with Crippen molar-refractivity contribution in [3.05, 3.63) is 36.4 Å². The molecule has 0 saturated heterocycles. The summed E-state index contributed by atoms with van der Waals surface area (Å²) in [5, 5.41) is 15.6. The van der Waals surface area contributed by atoms with E-state index in [0.29, 0.717) is 13.2 Å². The van der Waals surface area contributed by atoms with Crippen LogP contribution in [0.15, 0.2) is 36.0 Å². The zero-order valence-corrected chi connectivity index (χ0v) is 16.1. The number of halogens is 1. The van der Waals surface area contributed by atoms with Crippen molar-refractivity contribution < 1.29 is 9.47 Å². The lowest BCUT2D eigenvalue weighted by Crippen LogP contribution is -2.17. The number of hydrogen-bond acceptors (Lipinski definition) is 7. The fourth-order valence-electron chi connectivity index (χ4n) is 1.99. The second-order valence-corrected chi connectivity index (χ2v) is 5.99. The average Bonchev–Trinajstić information content (AvgIpc) is 2.99. The fraction of sp³-hybridized carbons (Fsp3) is 0.438. The molecule has 1 N–H and O–H groups in total. The third-order valence-corrected chi connectivity index (χ3v) is 4.10. The van der Waals surface area contributed by atoms with Crippen LogP contribution in [0.5, 0.6) is 11.5 Å². The predicted molar refractivity (Wildman–Crippen MR) is 102 cm³/mol. The predicted octanol–water partition coefficient (Wildman–Crippen LogP) is 2.48. The summed E-state index contributed by atoms with van der Waals surface area (Å²) in [5.41, 5.74) is 1.15. The van der Waals surface area contributed by atoms with E-state index in [1.807, 2.05) is 32.2 Å². The Hall–Kier alpha value is -1.77. The Bertz CT molecular complexity index is 653. The Morgan fingerprint density at radius 3 is 2.84 bits per heavy atom. The molecule has 0 aliphatic carbocycles. The van der Waals surface area contributed by atoms with E-state index in [2.05, 4.69) is 27.4 Å². The maximum absolute atomic E-state index is 5.65. The van der Waals surface area contributed by atoms with Gasteiger partial charge in [-0.1, -0.05) is 30.5 Å². The van der Waals surface area contributed by atoms with E-state index in [9.17, 15) is 0 Å². The van der Waals surface area contributed by atoms with Gasteiger partial charge < -0.3 is 14.8 Å². The second-order valence-electron chi connectivity index (χ2n) is 4.92. The van der Waals surface area contributed by atoms with Crippen LogP contribution >= 0.6 is 24.2 Å². The normalized spacial score (nSPS) is 10.2. The second kappa shape index (κ2) is 11.7. The number of benzene rings is 1. The van der Waals surface area contributed by atoms with Gasteiger partial charge in [0.25, 0.3) is 0 Å². The highest BCUT2D eigenvalue weighted by molar-refractivity contribution is 7.99. The Balaban J connectivity index is 0.00000312. The number of nitrogens with one attached hydrogen (secondary N) is 1. The molecule has 25 heavy (non-hydrogen) atoms. The molecule has 0 spiro atoms. The summed E-state index contributed by atoms with van der Waals surface area (Å²) >= 11 is 1.62. The standard InChI is InChI=1S/C16H23N5O2S.ClH/c1-4-9-23-14-7-6-13(11-15(14)22-5-2)12-17-8-10-24-16-18-19-20-21(16)3;/h4,6-7,11,17H,1,5,8-10,12H2,2-3H3;1H. The molecule has 138 valence electrons. The number of hydrogen-bond donors (Lipinski definition) is 1. The van der Waals surface area contributed by atoms with Gasteiger partial charge in [-0.2, -0.15) is 0 Å². The van der Waals surface area contributed by atoms with Gasteiger partial charge in [0.05, 0.1) is 6.61 Å². The van der Waals surface area contributed by atoms with Gasteiger partial charge in [-0.25, -0.2) is 4.68 Å². The minimum atomic E-state index is 0. The maximum atomic E-state index is 5.65. The molecule has 0 aliphatic rings. The van der Waals surface area contributed by atoms with E-state index >= 15 is 0 Å². The van der Waals surface area contributed by atoms with Gasteiger partial charge in [-0.05, 0) is 35.0 Å². The Labute approximate surface area is 158 Å². The summed E-state index contributed by atoms with van der Waals surface area (Å²) in [5.74, 6) is 2.40. The number of aromatic nitrogens is 4. The first-order chi connectivity index (χ1) is 11.7. The molecule has 1 heterocycles. The largest absolute Gasteiger partial charge is 0.490 e. The van der Waals surface area contributed by atoms with E-state index < -0.39 is 0 Å². The van der Waals surface area contributed by atoms with Crippen LogP contribution in [-0.4, -0.2) is 45.7 Å². The minimum Gasteiger partial charge on any atom is -0.490 e. The van der Waals surface area contributed by atoms with Gasteiger partial charge >= 0.3 is 0 Å². The van der Waals surface area contributed by atoms with Crippen LogP contribution in [0.3, 0.4) is 0 Å². The van der Waals surface area contributed by atoms with Crippen LogP contribution < -0.4 is 14.8 Å². The molecule has 7 nitrogen and oxygen atoms in total. The van der Waals surface area contributed by atoms with Crippen LogP contribution in [0.4, 0.5) is 0 Å². The van der Waals surface area contributed by atoms with E-state index in [4.69, 9.17) is 9.47 Å². The molecule has 0 fully saturated rings. The topological polar surface area (TPSA) is 74.1 Å². The van der Waals surface area contributed by atoms with Crippen molar-refractivity contribution >= 4 is 24.2 Å². The molecular formula is C16H24ClN5O2S. The average molecular weight is 386 g/mol. The number of tetrazole rings is 1. The third kappa shape index (κ3) is 6.93. The molecule has 2 rings (SSSR count). The van der Waals surface area contributed by atoms with Gasteiger partial charge in [-0.15, -0.1) is 17.5 Å². The molecule has 0 saturated carbocycles. The lowest BCUT2D eigenvalue weighted by molar-refractivity contribution is 0.296. The number of nitrogens with zero attached hydrogens (tertiary/aromatic N) is 4. The maximum Gasteiger partial charge on any atom is 0.209 e.